The molecule has 2 aromatic rings. The van der Waals surface area contributed by atoms with E-state index in [1.54, 1.807) is 24.3 Å². The number of aliphatic hydroxyl groups is 1. The van der Waals surface area contributed by atoms with Crippen molar-refractivity contribution in [2.24, 2.45) is 0 Å². The number of piperidine rings is 1. The molecule has 0 bridgehead atoms. The molecule has 184 valence electrons. The van der Waals surface area contributed by atoms with Gasteiger partial charge in [-0.3, -0.25) is 9.59 Å². The van der Waals surface area contributed by atoms with Crippen molar-refractivity contribution in [3.05, 3.63) is 54.1 Å². The van der Waals surface area contributed by atoms with Gasteiger partial charge in [-0.2, -0.15) is 0 Å². The van der Waals surface area contributed by atoms with E-state index in [0.29, 0.717) is 11.7 Å². The first kappa shape index (κ1) is 25.5. The average molecular weight is 470 g/mol. The molecule has 3 rings (SSSR count). The van der Waals surface area contributed by atoms with E-state index < -0.39 is 24.4 Å². The van der Waals surface area contributed by atoms with Crippen molar-refractivity contribution in [1.29, 1.82) is 0 Å². The molecule has 1 aliphatic heterocycles. The molecule has 2 atom stereocenters. The summed E-state index contributed by atoms with van der Waals surface area (Å²) in [4.78, 5) is 27.1. The zero-order valence-corrected chi connectivity index (χ0v) is 20.0. The molecule has 1 amide bonds. The second kappa shape index (κ2) is 11.4. The lowest BCUT2D eigenvalue weighted by Gasteiger charge is -2.36. The van der Waals surface area contributed by atoms with Gasteiger partial charge in [-0.1, -0.05) is 12.1 Å². The monoisotopic (exact) mass is 469 g/mol. The number of rotatable bonds is 9. The Hall–Kier alpha value is -3.10. The fourth-order valence-corrected chi connectivity index (χ4v) is 4.50. The van der Waals surface area contributed by atoms with Crippen LogP contribution in [0.25, 0.3) is 0 Å². The molecule has 0 saturated carbocycles. The van der Waals surface area contributed by atoms with E-state index >= 15 is 0 Å². The van der Waals surface area contributed by atoms with Gasteiger partial charge in [-0.15, -0.1) is 0 Å². The number of aliphatic hydroxyl groups excluding tert-OH is 1. The molecule has 0 aromatic heterocycles. The second-order valence-electron chi connectivity index (χ2n) is 9.20. The van der Waals surface area contributed by atoms with Crippen LogP contribution in [0.1, 0.15) is 51.7 Å². The molecule has 1 fully saturated rings. The van der Waals surface area contributed by atoms with Crippen molar-refractivity contribution in [3.8, 4) is 5.75 Å². The third kappa shape index (κ3) is 6.48. The Bertz CT molecular complexity index is 953. The minimum Gasteiger partial charge on any atom is -0.508 e. The van der Waals surface area contributed by atoms with E-state index in [2.05, 4.69) is 10.2 Å². The fourth-order valence-electron chi connectivity index (χ4n) is 4.50. The Morgan fingerprint density at radius 3 is 2.15 bits per heavy atom. The first-order valence-corrected chi connectivity index (χ1v) is 11.8. The van der Waals surface area contributed by atoms with Gasteiger partial charge in [0.2, 0.25) is 5.91 Å². The van der Waals surface area contributed by atoms with Crippen LogP contribution in [0.2, 0.25) is 0 Å². The summed E-state index contributed by atoms with van der Waals surface area (Å²) in [5.74, 6) is -1.37. The highest BCUT2D eigenvalue weighted by Crippen LogP contribution is 2.26. The van der Waals surface area contributed by atoms with Gasteiger partial charge in [-0.05, 0) is 75.6 Å². The number of hydrogen-bond acceptors (Lipinski definition) is 6. The van der Waals surface area contributed by atoms with E-state index in [4.69, 9.17) is 5.11 Å². The highest BCUT2D eigenvalue weighted by molar-refractivity contribution is 6.03. The number of aliphatic carboxylic acids is 1. The Kier molecular flexibility index (Phi) is 8.52. The smallest absolute Gasteiger partial charge is 0.312 e. The van der Waals surface area contributed by atoms with Gasteiger partial charge in [-0.25, -0.2) is 0 Å². The SMILES string of the molecule is CC(C)N(C(=O)CC(=O)O)c1ccc(N2CCC(N[C@@H](C)[C@H](O)c3ccc(O)cc3)CC2)cc1. The van der Waals surface area contributed by atoms with Crippen LogP contribution >= 0.6 is 0 Å². The van der Waals surface area contributed by atoms with Crippen molar-refractivity contribution >= 4 is 23.3 Å². The molecular weight excluding hydrogens is 434 g/mol. The minimum absolute atomic E-state index is 0.120. The molecule has 1 aliphatic rings. The summed E-state index contributed by atoms with van der Waals surface area (Å²) in [7, 11) is 0. The first-order chi connectivity index (χ1) is 16.2. The summed E-state index contributed by atoms with van der Waals surface area (Å²) in [5.41, 5.74) is 2.53. The summed E-state index contributed by atoms with van der Waals surface area (Å²) in [6.07, 6.45) is 0.687. The van der Waals surface area contributed by atoms with E-state index in [9.17, 15) is 19.8 Å². The van der Waals surface area contributed by atoms with Crippen LogP contribution in [0.3, 0.4) is 0 Å². The number of nitrogens with one attached hydrogen (secondary N) is 1. The third-order valence-corrected chi connectivity index (χ3v) is 6.28. The highest BCUT2D eigenvalue weighted by atomic mass is 16.4. The lowest BCUT2D eigenvalue weighted by atomic mass is 9.99. The standard InChI is InChI=1S/C26H35N3O5/c1-17(2)29(24(31)16-25(32)33)22-8-6-21(7-9-22)28-14-12-20(13-15-28)27-18(3)26(34)19-4-10-23(30)11-5-19/h4-11,17-18,20,26-27,30,34H,12-16H2,1-3H3,(H,32,33)/t18-,26-/m0/s1. The van der Waals surface area contributed by atoms with Crippen LogP contribution in [-0.4, -0.2) is 58.4 Å². The summed E-state index contributed by atoms with van der Waals surface area (Å²) >= 11 is 0. The predicted molar refractivity (Wildman–Crippen MR) is 132 cm³/mol. The number of carboxylic acid groups (broad SMARTS) is 1. The number of amides is 1. The number of carbonyl (C=O) groups excluding carboxylic acids is 1. The van der Waals surface area contributed by atoms with E-state index in [1.165, 1.54) is 4.90 Å². The van der Waals surface area contributed by atoms with Crippen molar-refractivity contribution < 1.29 is 24.9 Å². The van der Waals surface area contributed by atoms with Crippen LogP contribution in [0.15, 0.2) is 48.5 Å². The zero-order valence-electron chi connectivity index (χ0n) is 20.0. The number of aromatic hydroxyl groups is 1. The number of phenols is 1. The molecule has 8 nitrogen and oxygen atoms in total. The summed E-state index contributed by atoms with van der Waals surface area (Å²) in [5, 5.41) is 32.6. The van der Waals surface area contributed by atoms with E-state index in [-0.39, 0.29) is 17.8 Å². The maximum atomic E-state index is 12.4. The fraction of sp³-hybridized carbons (Fsp3) is 0.462. The molecule has 1 saturated heterocycles. The van der Waals surface area contributed by atoms with Gasteiger partial charge in [0.05, 0.1) is 6.10 Å². The lowest BCUT2D eigenvalue weighted by Crippen LogP contribution is -2.47. The molecule has 34 heavy (non-hydrogen) atoms. The van der Waals surface area contributed by atoms with Crippen LogP contribution in [0.4, 0.5) is 11.4 Å². The Balaban J connectivity index is 1.55. The van der Waals surface area contributed by atoms with Crippen LogP contribution in [-0.2, 0) is 9.59 Å². The summed E-state index contributed by atoms with van der Waals surface area (Å²) in [6.45, 7) is 7.43. The lowest BCUT2D eigenvalue weighted by molar-refractivity contribution is -0.140. The molecule has 0 unspecified atom stereocenters. The number of benzene rings is 2. The number of carboxylic acids is 1. The van der Waals surface area contributed by atoms with Gasteiger partial charge < -0.3 is 30.4 Å². The van der Waals surface area contributed by atoms with Crippen LogP contribution < -0.4 is 15.1 Å². The normalized spacial score (nSPS) is 16.3. The van der Waals surface area contributed by atoms with Crippen molar-refractivity contribution in [3.63, 3.8) is 0 Å². The van der Waals surface area contributed by atoms with Crippen molar-refractivity contribution in [2.75, 3.05) is 22.9 Å². The van der Waals surface area contributed by atoms with Gasteiger partial charge in [0, 0.05) is 42.6 Å². The van der Waals surface area contributed by atoms with Gasteiger partial charge in [0.15, 0.2) is 0 Å². The largest absolute Gasteiger partial charge is 0.508 e. The summed E-state index contributed by atoms with van der Waals surface area (Å²) in [6, 6.07) is 14.4. The van der Waals surface area contributed by atoms with E-state index in [1.807, 2.05) is 45.0 Å². The molecule has 2 aromatic carbocycles. The maximum absolute atomic E-state index is 12.4. The van der Waals surface area contributed by atoms with Crippen LogP contribution in [0, 0.1) is 0 Å². The quantitative estimate of drug-likeness (QED) is 0.417. The van der Waals surface area contributed by atoms with Crippen LogP contribution in [0.5, 0.6) is 5.75 Å². The molecule has 4 N–H and O–H groups in total. The molecule has 0 aliphatic carbocycles. The first-order valence-electron chi connectivity index (χ1n) is 11.8. The predicted octanol–water partition coefficient (Wildman–Crippen LogP) is 3.29. The Morgan fingerprint density at radius 2 is 1.62 bits per heavy atom. The molecule has 0 spiro atoms. The summed E-state index contributed by atoms with van der Waals surface area (Å²) < 4.78 is 0. The number of hydrogen-bond donors (Lipinski definition) is 4. The van der Waals surface area contributed by atoms with Gasteiger partial charge in [0.25, 0.3) is 0 Å². The van der Waals surface area contributed by atoms with Gasteiger partial charge >= 0.3 is 5.97 Å². The number of nitrogens with zero attached hydrogens (tertiary/aromatic N) is 2. The highest BCUT2D eigenvalue weighted by Gasteiger charge is 2.25. The van der Waals surface area contributed by atoms with E-state index in [0.717, 1.165) is 37.2 Å². The second-order valence-corrected chi connectivity index (χ2v) is 9.20. The topological polar surface area (TPSA) is 113 Å². The number of anilines is 2. The molecule has 0 radical (unpaired) electrons. The zero-order chi connectivity index (χ0) is 24.8. The van der Waals surface area contributed by atoms with Crippen molar-refractivity contribution in [1.82, 2.24) is 5.32 Å². The third-order valence-electron chi connectivity index (χ3n) is 6.28. The maximum Gasteiger partial charge on any atom is 0.312 e. The van der Waals surface area contributed by atoms with Crippen molar-refractivity contribution in [2.45, 2.75) is 64.3 Å². The number of carbonyl (C=O) groups is 2. The van der Waals surface area contributed by atoms with Gasteiger partial charge in [0.1, 0.15) is 12.2 Å². The number of phenolic OH excluding ortho intramolecular Hbond substituents is 1. The average Bonchev–Trinajstić information content (AvgIpc) is 2.79. The Morgan fingerprint density at radius 1 is 1.03 bits per heavy atom. The molecular formula is C26H35N3O5. The minimum atomic E-state index is -1.13. The Labute approximate surface area is 200 Å². The molecule has 1 heterocycles. The molecule has 8 heteroatoms.